The molecule has 1 unspecified atom stereocenters. The lowest BCUT2D eigenvalue weighted by molar-refractivity contribution is 0.414. The van der Waals surface area contributed by atoms with Crippen molar-refractivity contribution in [3.63, 3.8) is 0 Å². The van der Waals surface area contributed by atoms with Crippen molar-refractivity contribution in [2.24, 2.45) is 22.4 Å². The number of hydrogen-bond acceptors (Lipinski definition) is 5. The van der Waals surface area contributed by atoms with E-state index in [2.05, 4.69) is 16.4 Å². The SMILES string of the molecule is N#CC1=C(C2CCNCC2)N=C(N)/C(=C\N)C1c1ccccc1Cl. The Kier molecular flexibility index (Phi) is 4.89. The van der Waals surface area contributed by atoms with Gasteiger partial charge in [-0.05, 0) is 37.6 Å². The van der Waals surface area contributed by atoms with Gasteiger partial charge in [0.25, 0.3) is 0 Å². The molecule has 1 aromatic carbocycles. The quantitative estimate of drug-likeness (QED) is 0.769. The number of aliphatic imine (C=N–C) groups is 1. The highest BCUT2D eigenvalue weighted by molar-refractivity contribution is 6.31. The third-order valence-corrected chi connectivity index (χ3v) is 5.00. The molecule has 0 saturated carbocycles. The molecule has 0 bridgehead atoms. The summed E-state index contributed by atoms with van der Waals surface area (Å²) in [6, 6.07) is 9.84. The smallest absolute Gasteiger partial charge is 0.129 e. The minimum Gasteiger partial charge on any atom is -0.404 e. The van der Waals surface area contributed by atoms with Crippen LogP contribution < -0.4 is 16.8 Å². The van der Waals surface area contributed by atoms with Gasteiger partial charge in [-0.1, -0.05) is 29.8 Å². The standard InChI is InChI=1S/C18H20ClN5/c19-15-4-2-1-3-12(15)16-13(9-20)17(11-5-7-23-8-6-11)24-18(22)14(16)10-21/h1-4,10-11,16,23H,5-8,21H2,(H2,22,24)/b14-10-. The lowest BCUT2D eigenvalue weighted by atomic mass is 9.78. The number of hydrogen-bond donors (Lipinski definition) is 3. The van der Waals surface area contributed by atoms with Gasteiger partial charge in [-0.3, -0.25) is 0 Å². The van der Waals surface area contributed by atoms with Crippen LogP contribution in [0.5, 0.6) is 0 Å². The fourth-order valence-corrected chi connectivity index (χ4v) is 3.69. The van der Waals surface area contributed by atoms with E-state index in [0.717, 1.165) is 37.2 Å². The van der Waals surface area contributed by atoms with Crippen molar-refractivity contribution in [2.45, 2.75) is 18.8 Å². The Morgan fingerprint density at radius 3 is 2.62 bits per heavy atom. The van der Waals surface area contributed by atoms with Crippen molar-refractivity contribution in [1.82, 2.24) is 5.32 Å². The first kappa shape index (κ1) is 16.6. The van der Waals surface area contributed by atoms with Crippen LogP contribution in [0.3, 0.4) is 0 Å². The van der Waals surface area contributed by atoms with E-state index in [0.29, 0.717) is 22.0 Å². The Morgan fingerprint density at radius 2 is 2.00 bits per heavy atom. The van der Waals surface area contributed by atoms with Crippen LogP contribution in [-0.2, 0) is 0 Å². The molecule has 0 spiro atoms. The summed E-state index contributed by atoms with van der Waals surface area (Å²) >= 11 is 6.39. The van der Waals surface area contributed by atoms with E-state index in [1.54, 1.807) is 0 Å². The van der Waals surface area contributed by atoms with Crippen molar-refractivity contribution in [2.75, 3.05) is 13.1 Å². The second kappa shape index (κ2) is 7.08. The van der Waals surface area contributed by atoms with Crippen LogP contribution in [0.15, 0.2) is 52.3 Å². The first-order chi connectivity index (χ1) is 11.7. The van der Waals surface area contributed by atoms with Crippen molar-refractivity contribution < 1.29 is 0 Å². The second-order valence-corrected chi connectivity index (χ2v) is 6.42. The number of amidine groups is 1. The maximum absolute atomic E-state index is 9.87. The van der Waals surface area contributed by atoms with Gasteiger partial charge in [0.2, 0.25) is 0 Å². The lowest BCUT2D eigenvalue weighted by Gasteiger charge is -2.31. The zero-order chi connectivity index (χ0) is 17.1. The summed E-state index contributed by atoms with van der Waals surface area (Å²) in [6.07, 6.45) is 3.31. The number of nitrogens with zero attached hydrogens (tertiary/aromatic N) is 2. The fourth-order valence-electron chi connectivity index (χ4n) is 3.45. The Labute approximate surface area is 146 Å². The largest absolute Gasteiger partial charge is 0.404 e. The molecule has 5 nitrogen and oxygen atoms in total. The summed E-state index contributed by atoms with van der Waals surface area (Å²) in [5.41, 5.74) is 14.8. The van der Waals surface area contributed by atoms with Gasteiger partial charge in [-0.15, -0.1) is 0 Å². The maximum Gasteiger partial charge on any atom is 0.129 e. The molecular formula is C18H20ClN5. The average molecular weight is 342 g/mol. The third-order valence-electron chi connectivity index (χ3n) is 4.65. The molecule has 2 aliphatic heterocycles. The summed E-state index contributed by atoms with van der Waals surface area (Å²) in [5.74, 6) is 0.231. The van der Waals surface area contributed by atoms with E-state index in [-0.39, 0.29) is 11.8 Å². The summed E-state index contributed by atoms with van der Waals surface area (Å²) < 4.78 is 0. The molecule has 1 aromatic rings. The molecule has 0 amide bonds. The number of piperidine rings is 1. The van der Waals surface area contributed by atoms with Crippen LogP contribution in [-0.4, -0.2) is 18.9 Å². The molecule has 1 atom stereocenters. The molecule has 2 heterocycles. The predicted octanol–water partition coefficient (Wildman–Crippen LogP) is 2.41. The molecule has 0 aliphatic carbocycles. The first-order valence-corrected chi connectivity index (χ1v) is 8.40. The van der Waals surface area contributed by atoms with Gasteiger partial charge in [-0.25, -0.2) is 4.99 Å². The van der Waals surface area contributed by atoms with Crippen LogP contribution >= 0.6 is 11.6 Å². The van der Waals surface area contributed by atoms with Gasteiger partial charge in [-0.2, -0.15) is 5.26 Å². The van der Waals surface area contributed by atoms with E-state index < -0.39 is 0 Å². The summed E-state index contributed by atoms with van der Waals surface area (Å²) in [6.45, 7) is 1.83. The third kappa shape index (κ3) is 2.91. The minimum atomic E-state index is -0.365. The first-order valence-electron chi connectivity index (χ1n) is 8.03. The molecule has 3 rings (SSSR count). The predicted molar refractivity (Wildman–Crippen MR) is 96.3 cm³/mol. The zero-order valence-corrected chi connectivity index (χ0v) is 14.1. The number of nitriles is 1. The van der Waals surface area contributed by atoms with E-state index in [9.17, 15) is 5.26 Å². The molecule has 1 fully saturated rings. The van der Waals surface area contributed by atoms with Gasteiger partial charge >= 0.3 is 0 Å². The van der Waals surface area contributed by atoms with Crippen molar-refractivity contribution in [3.8, 4) is 6.07 Å². The molecule has 2 aliphatic rings. The van der Waals surface area contributed by atoms with Gasteiger partial charge in [0.15, 0.2) is 0 Å². The van der Waals surface area contributed by atoms with E-state index in [4.69, 9.17) is 23.1 Å². The van der Waals surface area contributed by atoms with Gasteiger partial charge in [0, 0.05) is 22.7 Å². The highest BCUT2D eigenvalue weighted by Gasteiger charge is 2.34. The molecule has 24 heavy (non-hydrogen) atoms. The topological polar surface area (TPSA) is 100 Å². The fraction of sp³-hybridized carbons (Fsp3) is 0.333. The van der Waals surface area contributed by atoms with Crippen LogP contribution in [0.25, 0.3) is 0 Å². The minimum absolute atomic E-state index is 0.226. The van der Waals surface area contributed by atoms with Gasteiger partial charge < -0.3 is 16.8 Å². The molecule has 1 saturated heterocycles. The normalized spacial score (nSPS) is 23.9. The number of halogens is 1. The van der Waals surface area contributed by atoms with Crippen LogP contribution in [0.2, 0.25) is 5.02 Å². The Balaban J connectivity index is 2.17. The van der Waals surface area contributed by atoms with Gasteiger partial charge in [0.05, 0.1) is 23.3 Å². The number of benzene rings is 1. The Bertz CT molecular complexity index is 766. The van der Waals surface area contributed by atoms with Crippen LogP contribution in [0, 0.1) is 17.2 Å². The number of rotatable bonds is 2. The van der Waals surface area contributed by atoms with Crippen molar-refractivity contribution in [1.29, 1.82) is 5.26 Å². The van der Waals surface area contributed by atoms with Crippen molar-refractivity contribution in [3.05, 3.63) is 57.9 Å². The lowest BCUT2D eigenvalue weighted by Crippen LogP contribution is -2.32. The maximum atomic E-state index is 9.87. The summed E-state index contributed by atoms with van der Waals surface area (Å²) in [4.78, 5) is 4.55. The number of allylic oxidation sites excluding steroid dienone is 2. The Hall–Kier alpha value is -2.29. The number of nitrogens with two attached hydrogens (primary N) is 2. The number of nitrogens with one attached hydrogen (secondary N) is 1. The van der Waals surface area contributed by atoms with E-state index in [1.807, 2.05) is 24.3 Å². The zero-order valence-electron chi connectivity index (χ0n) is 13.3. The van der Waals surface area contributed by atoms with Crippen LogP contribution in [0.4, 0.5) is 0 Å². The monoisotopic (exact) mass is 341 g/mol. The van der Waals surface area contributed by atoms with Crippen molar-refractivity contribution >= 4 is 17.4 Å². The molecule has 0 radical (unpaired) electrons. The van der Waals surface area contributed by atoms with Crippen LogP contribution in [0.1, 0.15) is 24.3 Å². The molecular weight excluding hydrogens is 322 g/mol. The second-order valence-electron chi connectivity index (χ2n) is 6.01. The van der Waals surface area contributed by atoms with E-state index >= 15 is 0 Å². The summed E-state index contributed by atoms with van der Waals surface area (Å²) in [7, 11) is 0. The molecule has 5 N–H and O–H groups in total. The van der Waals surface area contributed by atoms with Gasteiger partial charge in [0.1, 0.15) is 5.84 Å². The summed E-state index contributed by atoms with van der Waals surface area (Å²) in [5, 5.41) is 13.8. The molecule has 6 heteroatoms. The highest BCUT2D eigenvalue weighted by atomic mass is 35.5. The highest BCUT2D eigenvalue weighted by Crippen LogP contribution is 2.42. The Morgan fingerprint density at radius 1 is 1.29 bits per heavy atom. The van der Waals surface area contributed by atoms with E-state index in [1.165, 1.54) is 6.20 Å². The average Bonchev–Trinajstić information content (AvgIpc) is 2.62. The molecule has 0 aromatic heterocycles. The molecule has 124 valence electrons.